The van der Waals surface area contributed by atoms with Gasteiger partial charge in [-0.3, -0.25) is 14.8 Å². The molecule has 1 aromatic heterocycles. The zero-order valence-electron chi connectivity index (χ0n) is 14.0. The highest BCUT2D eigenvalue weighted by Gasteiger charge is 2.45. The largest absolute Gasteiger partial charge is 0.330 e. The first-order valence-electron chi connectivity index (χ1n) is 8.22. The van der Waals surface area contributed by atoms with Gasteiger partial charge >= 0.3 is 6.03 Å². The zero-order valence-corrected chi connectivity index (χ0v) is 14.8. The Kier molecular flexibility index (Phi) is 3.98. The van der Waals surface area contributed by atoms with Gasteiger partial charge in [-0.05, 0) is 25.1 Å². The molecule has 1 unspecified atom stereocenters. The molecule has 1 aliphatic heterocycles. The smallest absolute Gasteiger partial charge is 0.288 e. The quantitative estimate of drug-likeness (QED) is 0.668. The van der Waals surface area contributed by atoms with Crippen LogP contribution in [-0.4, -0.2) is 23.1 Å². The molecule has 5 nitrogen and oxygen atoms in total. The monoisotopic (exact) mass is 362 g/mol. The van der Waals surface area contributed by atoms with Crippen molar-refractivity contribution in [3.8, 4) is 6.07 Å². The number of hydrogen-bond acceptors (Lipinski definition) is 3. The van der Waals surface area contributed by atoms with Crippen LogP contribution >= 0.6 is 11.6 Å². The second-order valence-corrected chi connectivity index (χ2v) is 6.63. The predicted molar refractivity (Wildman–Crippen MR) is 102 cm³/mol. The topological polar surface area (TPSA) is 60.2 Å². The Morgan fingerprint density at radius 1 is 1.12 bits per heavy atom. The number of pyridine rings is 1. The maximum atomic E-state index is 13.3. The van der Waals surface area contributed by atoms with Crippen LogP contribution in [0.25, 0.3) is 10.8 Å². The molecular weight excluding hydrogens is 348 g/mol. The minimum atomic E-state index is -0.630. The lowest BCUT2D eigenvalue weighted by molar-refractivity contribution is 0.255. The number of anilines is 2. The van der Waals surface area contributed by atoms with Crippen LogP contribution in [0.3, 0.4) is 0 Å². The molecule has 0 saturated carbocycles. The second kappa shape index (κ2) is 6.32. The summed E-state index contributed by atoms with van der Waals surface area (Å²) in [6.07, 6.45) is 3.39. The van der Waals surface area contributed by atoms with E-state index in [0.717, 1.165) is 10.8 Å². The molecule has 1 fully saturated rings. The van der Waals surface area contributed by atoms with Crippen molar-refractivity contribution in [1.29, 1.82) is 5.26 Å². The SMILES string of the molecule is C[C@H]1C(C#N)N(c2cncc3ccccc23)C(=O)N1c1cccc(Cl)c1. The molecule has 2 atom stereocenters. The van der Waals surface area contributed by atoms with Crippen molar-refractivity contribution in [2.45, 2.75) is 19.0 Å². The number of hydrogen-bond donors (Lipinski definition) is 0. The summed E-state index contributed by atoms with van der Waals surface area (Å²) in [7, 11) is 0. The Labute approximate surface area is 156 Å². The van der Waals surface area contributed by atoms with Crippen LogP contribution in [0.4, 0.5) is 16.2 Å². The van der Waals surface area contributed by atoms with Crippen LogP contribution in [0.15, 0.2) is 60.9 Å². The first-order valence-corrected chi connectivity index (χ1v) is 8.60. The number of urea groups is 1. The van der Waals surface area contributed by atoms with Gasteiger partial charge < -0.3 is 0 Å². The van der Waals surface area contributed by atoms with Gasteiger partial charge in [-0.2, -0.15) is 5.26 Å². The number of nitrogens with zero attached hydrogens (tertiary/aromatic N) is 4. The maximum absolute atomic E-state index is 13.3. The number of carbonyl (C=O) groups excluding carboxylic acids is 1. The molecule has 0 radical (unpaired) electrons. The van der Waals surface area contributed by atoms with Crippen molar-refractivity contribution < 1.29 is 4.79 Å². The third-order valence-electron chi connectivity index (χ3n) is 4.68. The molecule has 0 bridgehead atoms. The van der Waals surface area contributed by atoms with E-state index < -0.39 is 6.04 Å². The zero-order chi connectivity index (χ0) is 18.3. The van der Waals surface area contributed by atoms with E-state index in [1.165, 1.54) is 4.90 Å². The second-order valence-electron chi connectivity index (χ2n) is 6.20. The molecule has 2 amide bonds. The summed E-state index contributed by atoms with van der Waals surface area (Å²) in [5.74, 6) is 0. The van der Waals surface area contributed by atoms with E-state index in [1.807, 2.05) is 37.3 Å². The van der Waals surface area contributed by atoms with Crippen molar-refractivity contribution in [3.63, 3.8) is 0 Å². The van der Waals surface area contributed by atoms with Crippen molar-refractivity contribution in [2.75, 3.05) is 9.80 Å². The number of rotatable bonds is 2. The molecule has 128 valence electrons. The molecule has 3 aromatic rings. The number of fused-ring (bicyclic) bond motifs is 1. The van der Waals surface area contributed by atoms with E-state index in [0.29, 0.717) is 16.4 Å². The van der Waals surface area contributed by atoms with Crippen LogP contribution in [-0.2, 0) is 0 Å². The van der Waals surface area contributed by atoms with Crippen molar-refractivity contribution >= 4 is 39.8 Å². The van der Waals surface area contributed by atoms with Gasteiger partial charge in [0.1, 0.15) is 6.04 Å². The number of carbonyl (C=O) groups is 1. The number of benzene rings is 2. The number of nitriles is 1. The summed E-state index contributed by atoms with van der Waals surface area (Å²) in [6, 6.07) is 15.8. The fourth-order valence-electron chi connectivity index (χ4n) is 3.45. The molecule has 26 heavy (non-hydrogen) atoms. The minimum absolute atomic E-state index is 0.260. The van der Waals surface area contributed by atoms with Crippen LogP contribution < -0.4 is 9.80 Å². The molecule has 4 rings (SSSR count). The fraction of sp³-hybridized carbons (Fsp3) is 0.150. The molecule has 2 heterocycles. The standard InChI is InChI=1S/C20H15ClN4O/c1-13-18(10-22)25(19-12-23-11-14-5-2-3-8-17(14)19)20(26)24(13)16-7-4-6-15(21)9-16/h2-9,11-13,18H,1H3/t13-,18?/m0/s1. The molecule has 2 aromatic carbocycles. The summed E-state index contributed by atoms with van der Waals surface area (Å²) >= 11 is 6.09. The molecule has 0 N–H and O–H groups in total. The molecule has 6 heteroatoms. The van der Waals surface area contributed by atoms with Crippen LogP contribution in [0.1, 0.15) is 6.92 Å². The van der Waals surface area contributed by atoms with Crippen LogP contribution in [0.5, 0.6) is 0 Å². The van der Waals surface area contributed by atoms with Gasteiger partial charge in [0.25, 0.3) is 0 Å². The molecular formula is C20H15ClN4O. The molecule has 1 aliphatic rings. The Morgan fingerprint density at radius 3 is 2.69 bits per heavy atom. The van der Waals surface area contributed by atoms with Crippen molar-refractivity contribution in [3.05, 3.63) is 65.9 Å². The van der Waals surface area contributed by atoms with Gasteiger partial charge in [0.2, 0.25) is 0 Å². The fourth-order valence-corrected chi connectivity index (χ4v) is 3.63. The highest BCUT2D eigenvalue weighted by atomic mass is 35.5. The highest BCUT2D eigenvalue weighted by Crippen LogP contribution is 2.36. The van der Waals surface area contributed by atoms with Gasteiger partial charge in [-0.15, -0.1) is 0 Å². The maximum Gasteiger partial charge on any atom is 0.330 e. The van der Waals surface area contributed by atoms with E-state index in [4.69, 9.17) is 11.6 Å². The normalized spacial score (nSPS) is 19.8. The van der Waals surface area contributed by atoms with Crippen LogP contribution in [0.2, 0.25) is 5.02 Å². The lowest BCUT2D eigenvalue weighted by Crippen LogP contribution is -2.34. The third kappa shape index (κ3) is 2.47. The van der Waals surface area contributed by atoms with E-state index in [-0.39, 0.29) is 12.1 Å². The molecule has 1 saturated heterocycles. The minimum Gasteiger partial charge on any atom is -0.288 e. The summed E-state index contributed by atoms with van der Waals surface area (Å²) in [6.45, 7) is 1.87. The van der Waals surface area contributed by atoms with Gasteiger partial charge in [-0.25, -0.2) is 4.79 Å². The van der Waals surface area contributed by atoms with Gasteiger partial charge in [-0.1, -0.05) is 41.9 Å². The number of halogens is 1. The average molecular weight is 363 g/mol. The first-order chi connectivity index (χ1) is 12.6. The lowest BCUT2D eigenvalue weighted by atomic mass is 10.1. The van der Waals surface area contributed by atoms with Gasteiger partial charge in [0.15, 0.2) is 0 Å². The Balaban J connectivity index is 1.86. The summed E-state index contributed by atoms with van der Waals surface area (Å²) in [4.78, 5) is 20.7. The summed E-state index contributed by atoms with van der Waals surface area (Å²) in [5.41, 5.74) is 1.31. The summed E-state index contributed by atoms with van der Waals surface area (Å²) in [5, 5.41) is 12.1. The van der Waals surface area contributed by atoms with E-state index >= 15 is 0 Å². The van der Waals surface area contributed by atoms with Crippen molar-refractivity contribution in [1.82, 2.24) is 4.98 Å². The van der Waals surface area contributed by atoms with E-state index in [9.17, 15) is 10.1 Å². The molecule has 0 spiro atoms. The Morgan fingerprint density at radius 2 is 1.92 bits per heavy atom. The Hall–Kier alpha value is -3.10. The van der Waals surface area contributed by atoms with Crippen LogP contribution in [0, 0.1) is 11.3 Å². The number of aromatic nitrogens is 1. The predicted octanol–water partition coefficient (Wildman–Crippen LogP) is 4.62. The van der Waals surface area contributed by atoms with Gasteiger partial charge in [0, 0.05) is 27.7 Å². The first kappa shape index (κ1) is 16.4. The third-order valence-corrected chi connectivity index (χ3v) is 4.92. The average Bonchev–Trinajstić information content (AvgIpc) is 2.90. The summed E-state index contributed by atoms with van der Waals surface area (Å²) < 4.78 is 0. The van der Waals surface area contributed by atoms with E-state index in [1.54, 1.807) is 35.5 Å². The van der Waals surface area contributed by atoms with E-state index in [2.05, 4.69) is 11.1 Å². The lowest BCUT2D eigenvalue weighted by Gasteiger charge is -2.21. The Bertz CT molecular complexity index is 1040. The van der Waals surface area contributed by atoms with Gasteiger partial charge in [0.05, 0.1) is 24.0 Å². The molecule has 0 aliphatic carbocycles. The highest BCUT2D eigenvalue weighted by molar-refractivity contribution is 6.31. The van der Waals surface area contributed by atoms with Crippen molar-refractivity contribution in [2.24, 2.45) is 0 Å². The number of amides is 2.